The molecule has 1 unspecified atom stereocenters. The average Bonchev–Trinajstić information content (AvgIpc) is 3.29. The van der Waals surface area contributed by atoms with Gasteiger partial charge in [0.2, 0.25) is 0 Å². The monoisotopic (exact) mass is 901 g/mol. The van der Waals surface area contributed by atoms with E-state index in [-0.39, 0.29) is 31.1 Å². The highest BCUT2D eigenvalue weighted by Crippen LogP contribution is 2.17. The van der Waals surface area contributed by atoms with Gasteiger partial charge in [-0.2, -0.15) is 0 Å². The molecule has 0 N–H and O–H groups in total. The molecule has 0 aromatic carbocycles. The molecule has 0 rings (SSSR count). The van der Waals surface area contributed by atoms with E-state index in [1.165, 1.54) is 193 Å². The molecule has 0 aromatic heterocycles. The summed E-state index contributed by atoms with van der Waals surface area (Å²) in [5.74, 6) is -0.855. The van der Waals surface area contributed by atoms with Crippen LogP contribution in [0.25, 0.3) is 0 Å². The average molecular weight is 901 g/mol. The lowest BCUT2D eigenvalue weighted by Gasteiger charge is -2.18. The molecule has 6 nitrogen and oxygen atoms in total. The largest absolute Gasteiger partial charge is 0.462 e. The zero-order valence-corrected chi connectivity index (χ0v) is 43.1. The normalized spacial score (nSPS) is 12.1. The second-order valence-corrected chi connectivity index (χ2v) is 19.2. The van der Waals surface area contributed by atoms with E-state index in [1.54, 1.807) is 0 Å². The second kappa shape index (κ2) is 53.5. The van der Waals surface area contributed by atoms with E-state index in [9.17, 15) is 14.4 Å². The number of hydrogen-bond donors (Lipinski definition) is 0. The van der Waals surface area contributed by atoms with Gasteiger partial charge in [-0.25, -0.2) is 0 Å². The van der Waals surface area contributed by atoms with Gasteiger partial charge in [-0.15, -0.1) is 0 Å². The van der Waals surface area contributed by atoms with Gasteiger partial charge < -0.3 is 14.2 Å². The Kier molecular flexibility index (Phi) is 51.7. The van der Waals surface area contributed by atoms with Crippen molar-refractivity contribution in [3.05, 3.63) is 24.3 Å². The van der Waals surface area contributed by atoms with Gasteiger partial charge in [0.25, 0.3) is 0 Å². The van der Waals surface area contributed by atoms with E-state index < -0.39 is 6.10 Å². The SMILES string of the molecule is CC/C=C\C/C=C\CCCCCCCCCC(=O)OCC(COC(=O)CCCCCCCCCCCCCCCCCC)OC(=O)CCCCCCCCCCCCCCCCCC. The van der Waals surface area contributed by atoms with Crippen LogP contribution in [0.1, 0.15) is 310 Å². The highest BCUT2D eigenvalue weighted by molar-refractivity contribution is 5.71. The van der Waals surface area contributed by atoms with Crippen molar-refractivity contribution in [3.8, 4) is 0 Å². The number of hydrogen-bond acceptors (Lipinski definition) is 6. The molecule has 0 saturated carbocycles. The van der Waals surface area contributed by atoms with Crippen molar-refractivity contribution in [3.63, 3.8) is 0 Å². The minimum absolute atomic E-state index is 0.0681. The zero-order chi connectivity index (χ0) is 46.5. The second-order valence-electron chi connectivity index (χ2n) is 19.2. The summed E-state index contributed by atoms with van der Waals surface area (Å²) in [7, 11) is 0. The van der Waals surface area contributed by atoms with Gasteiger partial charge in [-0.1, -0.05) is 270 Å². The smallest absolute Gasteiger partial charge is 0.306 e. The quantitative estimate of drug-likeness (QED) is 0.0262. The van der Waals surface area contributed by atoms with E-state index in [0.29, 0.717) is 19.3 Å². The lowest BCUT2D eigenvalue weighted by Crippen LogP contribution is -2.30. The van der Waals surface area contributed by atoms with Crippen LogP contribution in [-0.4, -0.2) is 37.2 Å². The molecule has 0 aliphatic heterocycles. The number of rotatable bonds is 52. The summed E-state index contributed by atoms with van der Waals surface area (Å²) < 4.78 is 16.9. The van der Waals surface area contributed by atoms with Gasteiger partial charge in [-0.05, 0) is 44.9 Å². The van der Waals surface area contributed by atoms with Crippen molar-refractivity contribution in [1.82, 2.24) is 0 Å². The third-order valence-corrected chi connectivity index (χ3v) is 12.7. The van der Waals surface area contributed by atoms with Crippen LogP contribution < -0.4 is 0 Å². The summed E-state index contributed by atoms with van der Waals surface area (Å²) in [4.78, 5) is 38.1. The first-order valence-electron chi connectivity index (χ1n) is 28.3. The fourth-order valence-corrected chi connectivity index (χ4v) is 8.48. The molecule has 1 atom stereocenters. The lowest BCUT2D eigenvalue weighted by molar-refractivity contribution is -0.167. The summed E-state index contributed by atoms with van der Waals surface area (Å²) in [5.41, 5.74) is 0. The van der Waals surface area contributed by atoms with Crippen LogP contribution in [0.5, 0.6) is 0 Å². The Labute approximate surface area is 398 Å². The van der Waals surface area contributed by atoms with E-state index >= 15 is 0 Å². The molecular weight excluding hydrogens is 793 g/mol. The number of ether oxygens (including phenoxy) is 3. The van der Waals surface area contributed by atoms with E-state index in [2.05, 4.69) is 45.1 Å². The van der Waals surface area contributed by atoms with Gasteiger partial charge >= 0.3 is 17.9 Å². The van der Waals surface area contributed by atoms with Gasteiger partial charge in [0.05, 0.1) is 0 Å². The van der Waals surface area contributed by atoms with Gasteiger partial charge in [0.15, 0.2) is 6.10 Å². The predicted molar refractivity (Wildman–Crippen MR) is 275 cm³/mol. The number of esters is 3. The highest BCUT2D eigenvalue weighted by atomic mass is 16.6. The Morgan fingerprint density at radius 1 is 0.328 bits per heavy atom. The molecule has 64 heavy (non-hydrogen) atoms. The maximum Gasteiger partial charge on any atom is 0.306 e. The molecule has 376 valence electrons. The number of allylic oxidation sites excluding steroid dienone is 4. The van der Waals surface area contributed by atoms with Crippen molar-refractivity contribution < 1.29 is 28.6 Å². The molecule has 0 aromatic rings. The van der Waals surface area contributed by atoms with Crippen molar-refractivity contribution in [2.75, 3.05) is 13.2 Å². The molecular formula is C58H108O6. The maximum atomic E-state index is 12.8. The molecule has 0 amide bonds. The first kappa shape index (κ1) is 61.9. The minimum atomic E-state index is -0.769. The van der Waals surface area contributed by atoms with Crippen molar-refractivity contribution in [2.24, 2.45) is 0 Å². The molecule has 0 aliphatic carbocycles. The van der Waals surface area contributed by atoms with Crippen molar-refractivity contribution in [1.29, 1.82) is 0 Å². The lowest BCUT2D eigenvalue weighted by atomic mass is 10.0. The molecule has 0 heterocycles. The maximum absolute atomic E-state index is 12.8. The number of unbranched alkanes of at least 4 members (excludes halogenated alkanes) is 37. The summed E-state index contributed by atoms with van der Waals surface area (Å²) in [5, 5.41) is 0. The van der Waals surface area contributed by atoms with E-state index in [1.807, 2.05) is 0 Å². The Bertz CT molecular complexity index is 1040. The van der Waals surface area contributed by atoms with Crippen LogP contribution in [0.4, 0.5) is 0 Å². The molecule has 6 heteroatoms. The first-order valence-corrected chi connectivity index (χ1v) is 28.3. The predicted octanol–water partition coefficient (Wildman–Crippen LogP) is 18.7. The van der Waals surface area contributed by atoms with E-state index in [4.69, 9.17) is 14.2 Å². The first-order chi connectivity index (χ1) is 31.5. The topological polar surface area (TPSA) is 78.9 Å². The third-order valence-electron chi connectivity index (χ3n) is 12.7. The third kappa shape index (κ3) is 50.9. The van der Waals surface area contributed by atoms with Gasteiger partial charge in [-0.3, -0.25) is 14.4 Å². The van der Waals surface area contributed by atoms with E-state index in [0.717, 1.165) is 77.0 Å². The number of carbonyl (C=O) groups excluding carboxylic acids is 3. The molecule has 0 aliphatic rings. The molecule has 0 bridgehead atoms. The molecule has 0 saturated heterocycles. The fraction of sp³-hybridized carbons (Fsp3) is 0.879. The molecule has 0 radical (unpaired) electrons. The van der Waals surface area contributed by atoms with Crippen LogP contribution in [0, 0.1) is 0 Å². The summed E-state index contributed by atoms with van der Waals surface area (Å²) in [6, 6.07) is 0. The Morgan fingerprint density at radius 2 is 0.609 bits per heavy atom. The minimum Gasteiger partial charge on any atom is -0.462 e. The Morgan fingerprint density at radius 3 is 0.938 bits per heavy atom. The summed E-state index contributed by atoms with van der Waals surface area (Å²) in [6.45, 7) is 6.58. The van der Waals surface area contributed by atoms with Crippen LogP contribution in [0.15, 0.2) is 24.3 Å². The standard InChI is InChI=1S/C58H108O6/c1-4-7-10-13-16-19-22-25-28-30-33-36-39-42-45-48-51-57(60)63-54-55(53-62-56(59)50-47-44-41-38-35-32-27-24-21-18-15-12-9-6-3)64-58(61)52-49-46-43-40-37-34-31-29-26-23-20-17-14-11-8-5-2/h9,12,18,21,55H,4-8,10-11,13-17,19-20,22-54H2,1-3H3/b12-9-,21-18-. The Balaban J connectivity index is 4.32. The van der Waals surface area contributed by atoms with Crippen LogP contribution in [-0.2, 0) is 28.6 Å². The zero-order valence-electron chi connectivity index (χ0n) is 43.1. The summed E-state index contributed by atoms with van der Waals surface area (Å²) >= 11 is 0. The van der Waals surface area contributed by atoms with Gasteiger partial charge in [0.1, 0.15) is 13.2 Å². The van der Waals surface area contributed by atoms with Crippen LogP contribution in [0.2, 0.25) is 0 Å². The van der Waals surface area contributed by atoms with Crippen LogP contribution >= 0.6 is 0 Å². The number of carbonyl (C=O) groups is 3. The highest BCUT2D eigenvalue weighted by Gasteiger charge is 2.19. The molecule has 0 spiro atoms. The van der Waals surface area contributed by atoms with Crippen molar-refractivity contribution in [2.45, 2.75) is 316 Å². The summed E-state index contributed by atoms with van der Waals surface area (Å²) in [6.07, 6.45) is 61.6. The van der Waals surface area contributed by atoms with Crippen LogP contribution in [0.3, 0.4) is 0 Å². The Hall–Kier alpha value is -2.11. The fourth-order valence-electron chi connectivity index (χ4n) is 8.48. The van der Waals surface area contributed by atoms with Gasteiger partial charge in [0, 0.05) is 19.3 Å². The van der Waals surface area contributed by atoms with Crippen molar-refractivity contribution >= 4 is 17.9 Å². The molecule has 0 fully saturated rings.